The van der Waals surface area contributed by atoms with Crippen LogP contribution in [0.5, 0.6) is 11.5 Å². The Hall–Kier alpha value is -3.06. The van der Waals surface area contributed by atoms with Gasteiger partial charge in [0.05, 0.1) is 12.0 Å². The van der Waals surface area contributed by atoms with Crippen LogP contribution in [0.25, 0.3) is 0 Å². The van der Waals surface area contributed by atoms with Gasteiger partial charge in [0.25, 0.3) is 5.91 Å². The summed E-state index contributed by atoms with van der Waals surface area (Å²) in [6, 6.07) is 11.8. The average Bonchev–Trinajstić information content (AvgIpc) is 2.72. The lowest BCUT2D eigenvalue weighted by atomic mass is 9.82. The van der Waals surface area contributed by atoms with Gasteiger partial charge in [-0.2, -0.15) is 0 Å². The second-order valence-corrected chi connectivity index (χ2v) is 8.33. The predicted octanol–water partition coefficient (Wildman–Crippen LogP) is 3.70. The summed E-state index contributed by atoms with van der Waals surface area (Å²) in [6.45, 7) is 2.49. The van der Waals surface area contributed by atoms with E-state index in [1.165, 1.54) is 0 Å². The number of piperidine rings is 1. The van der Waals surface area contributed by atoms with Gasteiger partial charge in [-0.1, -0.05) is 17.7 Å². The monoisotopic (exact) mass is 442 g/mol. The minimum absolute atomic E-state index is 0.0165. The number of halogens is 1. The van der Waals surface area contributed by atoms with Gasteiger partial charge >= 0.3 is 0 Å². The van der Waals surface area contributed by atoms with Gasteiger partial charge in [-0.15, -0.1) is 0 Å². The number of benzene rings is 2. The van der Waals surface area contributed by atoms with Gasteiger partial charge in [-0.05, 0) is 30.3 Å². The Morgan fingerprint density at radius 1 is 1.19 bits per heavy atom. The molecule has 1 saturated heterocycles. The highest BCUT2D eigenvalue weighted by atomic mass is 35.5. The maximum atomic E-state index is 12.7. The first-order chi connectivity index (χ1) is 14.8. The first-order valence-electron chi connectivity index (χ1n) is 10.1. The molecule has 2 amide bonds. The molecule has 1 spiro atoms. The van der Waals surface area contributed by atoms with Crippen LogP contribution in [0.4, 0.5) is 5.69 Å². The summed E-state index contributed by atoms with van der Waals surface area (Å²) < 4.78 is 11.9. The van der Waals surface area contributed by atoms with Crippen LogP contribution < -0.4 is 14.8 Å². The molecule has 1 N–H and O–H groups in total. The number of hydrogen-bond acceptors (Lipinski definition) is 5. The Morgan fingerprint density at radius 3 is 2.68 bits per heavy atom. The number of ether oxygens (including phenoxy) is 2. The van der Waals surface area contributed by atoms with Crippen LogP contribution in [0.15, 0.2) is 42.5 Å². The van der Waals surface area contributed by atoms with Crippen LogP contribution in [0.3, 0.4) is 0 Å². The van der Waals surface area contributed by atoms with Gasteiger partial charge < -0.3 is 19.7 Å². The molecule has 0 aromatic heterocycles. The molecule has 31 heavy (non-hydrogen) atoms. The Labute approximate surface area is 185 Å². The summed E-state index contributed by atoms with van der Waals surface area (Å²) in [5.74, 6) is 0.614. The smallest absolute Gasteiger partial charge is 0.262 e. The number of Topliss-reactive ketones (excluding diaryl/α,β-unsaturated/α-hetero) is 1. The highest BCUT2D eigenvalue weighted by Gasteiger charge is 2.43. The quantitative estimate of drug-likeness (QED) is 0.780. The lowest BCUT2D eigenvalue weighted by Crippen LogP contribution is -2.51. The maximum Gasteiger partial charge on any atom is 0.262 e. The van der Waals surface area contributed by atoms with Crippen molar-refractivity contribution < 1.29 is 23.9 Å². The van der Waals surface area contributed by atoms with E-state index in [1.54, 1.807) is 54.3 Å². The molecule has 2 aromatic rings. The molecule has 7 nitrogen and oxygen atoms in total. The SMILES string of the molecule is CC(=O)N1CCC2(CC1)CC(=O)c1ccc(OCC(=O)Nc3cccc(Cl)c3)cc1O2. The number of likely N-dealkylation sites (tertiary alicyclic amines) is 1. The van der Waals surface area contributed by atoms with Crippen molar-refractivity contribution in [3.8, 4) is 11.5 Å². The number of ketones is 1. The number of rotatable bonds is 4. The fraction of sp³-hybridized carbons (Fsp3) is 0.348. The van der Waals surface area contributed by atoms with E-state index in [2.05, 4.69) is 5.32 Å². The molecule has 2 aliphatic rings. The summed E-state index contributed by atoms with van der Waals surface area (Å²) in [6.07, 6.45) is 1.50. The second-order valence-electron chi connectivity index (χ2n) is 7.90. The van der Waals surface area contributed by atoms with E-state index >= 15 is 0 Å². The van der Waals surface area contributed by atoms with E-state index in [1.807, 2.05) is 0 Å². The number of fused-ring (bicyclic) bond motifs is 1. The number of carbonyl (C=O) groups excluding carboxylic acids is 3. The Bertz CT molecular complexity index is 1030. The van der Waals surface area contributed by atoms with E-state index < -0.39 is 5.60 Å². The average molecular weight is 443 g/mol. The van der Waals surface area contributed by atoms with Gasteiger partial charge in [0.15, 0.2) is 12.4 Å². The molecule has 0 unspecified atom stereocenters. The maximum absolute atomic E-state index is 12.7. The van der Waals surface area contributed by atoms with Crippen molar-refractivity contribution in [2.75, 3.05) is 25.0 Å². The van der Waals surface area contributed by atoms with E-state index in [4.69, 9.17) is 21.1 Å². The molecule has 1 fully saturated rings. The number of anilines is 1. The van der Waals surface area contributed by atoms with Gasteiger partial charge in [0.1, 0.15) is 17.1 Å². The van der Waals surface area contributed by atoms with Gasteiger partial charge in [-0.25, -0.2) is 0 Å². The number of nitrogens with zero attached hydrogens (tertiary/aromatic N) is 1. The molecule has 2 aliphatic heterocycles. The van der Waals surface area contributed by atoms with Crippen molar-refractivity contribution in [1.82, 2.24) is 4.90 Å². The van der Waals surface area contributed by atoms with Crippen molar-refractivity contribution in [1.29, 1.82) is 0 Å². The molecule has 162 valence electrons. The molecule has 8 heteroatoms. The highest BCUT2D eigenvalue weighted by Crippen LogP contribution is 2.40. The van der Waals surface area contributed by atoms with Crippen LogP contribution in [-0.4, -0.2) is 47.8 Å². The van der Waals surface area contributed by atoms with Gasteiger partial charge in [-0.3, -0.25) is 14.4 Å². The third kappa shape index (κ3) is 4.82. The Morgan fingerprint density at radius 2 is 1.97 bits per heavy atom. The standard InChI is InChI=1S/C23H23ClN2O5/c1-15(27)26-9-7-23(8-10-26)13-20(28)19-6-5-18(12-21(19)31-23)30-14-22(29)25-17-4-2-3-16(24)11-17/h2-6,11-12H,7-10,13-14H2,1H3,(H,25,29). The van der Waals surface area contributed by atoms with Crippen molar-refractivity contribution in [2.45, 2.75) is 31.8 Å². The van der Waals surface area contributed by atoms with E-state index in [9.17, 15) is 14.4 Å². The van der Waals surface area contributed by atoms with Gasteiger partial charge in [0.2, 0.25) is 5.91 Å². The molecule has 0 saturated carbocycles. The number of carbonyl (C=O) groups is 3. The number of amides is 2. The van der Waals surface area contributed by atoms with Crippen LogP contribution in [0.1, 0.15) is 36.5 Å². The fourth-order valence-electron chi connectivity index (χ4n) is 3.98. The van der Waals surface area contributed by atoms with E-state index in [0.29, 0.717) is 60.1 Å². The zero-order valence-electron chi connectivity index (χ0n) is 17.2. The van der Waals surface area contributed by atoms with Crippen molar-refractivity contribution >= 4 is 34.9 Å². The highest BCUT2D eigenvalue weighted by molar-refractivity contribution is 6.30. The minimum atomic E-state index is -0.599. The van der Waals surface area contributed by atoms with E-state index in [0.717, 1.165) is 0 Å². The van der Waals surface area contributed by atoms with Crippen LogP contribution in [0, 0.1) is 0 Å². The number of hydrogen-bond donors (Lipinski definition) is 1. The van der Waals surface area contributed by atoms with Crippen LogP contribution in [-0.2, 0) is 9.59 Å². The number of nitrogens with one attached hydrogen (secondary N) is 1. The van der Waals surface area contributed by atoms with Gasteiger partial charge in [0, 0.05) is 49.6 Å². The summed E-state index contributed by atoms with van der Waals surface area (Å²) >= 11 is 5.92. The van der Waals surface area contributed by atoms with Crippen LogP contribution in [0.2, 0.25) is 5.02 Å². The summed E-state index contributed by atoms with van der Waals surface area (Å²) in [5, 5.41) is 3.24. The fourth-order valence-corrected chi connectivity index (χ4v) is 4.17. The molecule has 0 aliphatic carbocycles. The topological polar surface area (TPSA) is 84.9 Å². The zero-order chi connectivity index (χ0) is 22.0. The van der Waals surface area contributed by atoms with Crippen LogP contribution >= 0.6 is 11.6 Å². The van der Waals surface area contributed by atoms with Crippen molar-refractivity contribution in [2.24, 2.45) is 0 Å². The molecular weight excluding hydrogens is 420 g/mol. The Kier molecular flexibility index (Phi) is 5.87. The van der Waals surface area contributed by atoms with E-state index in [-0.39, 0.29) is 24.2 Å². The van der Waals surface area contributed by atoms with Crippen molar-refractivity contribution in [3.05, 3.63) is 53.1 Å². The molecule has 2 heterocycles. The lowest BCUT2D eigenvalue weighted by molar-refractivity contribution is -0.132. The lowest BCUT2D eigenvalue weighted by Gasteiger charge is -2.43. The summed E-state index contributed by atoms with van der Waals surface area (Å²) in [5.41, 5.74) is 0.494. The molecule has 0 bridgehead atoms. The first kappa shape index (κ1) is 21.2. The molecule has 0 atom stereocenters. The first-order valence-corrected chi connectivity index (χ1v) is 10.5. The third-order valence-electron chi connectivity index (χ3n) is 5.66. The summed E-state index contributed by atoms with van der Waals surface area (Å²) in [7, 11) is 0. The molecule has 0 radical (unpaired) electrons. The zero-order valence-corrected chi connectivity index (χ0v) is 17.9. The normalized spacial score (nSPS) is 17.0. The van der Waals surface area contributed by atoms with Crippen molar-refractivity contribution in [3.63, 3.8) is 0 Å². The second kappa shape index (κ2) is 8.59. The Balaban J connectivity index is 1.41. The molecular formula is C23H23ClN2O5. The predicted molar refractivity (Wildman–Crippen MR) is 116 cm³/mol. The largest absolute Gasteiger partial charge is 0.486 e. The third-order valence-corrected chi connectivity index (χ3v) is 5.90. The minimum Gasteiger partial charge on any atom is -0.486 e. The molecule has 2 aromatic carbocycles. The molecule has 4 rings (SSSR count). The summed E-state index contributed by atoms with van der Waals surface area (Å²) in [4.78, 5) is 38.2.